The Kier molecular flexibility index (Phi) is 6.16. The summed E-state index contributed by atoms with van der Waals surface area (Å²) in [6.07, 6.45) is 4.42. The van der Waals surface area contributed by atoms with E-state index in [-0.39, 0.29) is 17.6 Å². The molecule has 29 heavy (non-hydrogen) atoms. The fourth-order valence-electron chi connectivity index (χ4n) is 4.30. The lowest BCUT2D eigenvalue weighted by atomic mass is 9.93. The van der Waals surface area contributed by atoms with Gasteiger partial charge < -0.3 is 0 Å². The van der Waals surface area contributed by atoms with Crippen LogP contribution in [0, 0.1) is 0 Å². The zero-order valence-electron chi connectivity index (χ0n) is 16.7. The van der Waals surface area contributed by atoms with Crippen molar-refractivity contribution in [3.63, 3.8) is 0 Å². The Balaban J connectivity index is 1.41. The van der Waals surface area contributed by atoms with Crippen molar-refractivity contribution in [2.24, 2.45) is 0 Å². The third-order valence-electron chi connectivity index (χ3n) is 5.90. The van der Waals surface area contributed by atoms with E-state index in [1.165, 1.54) is 0 Å². The SMILES string of the molecule is O=C(CCCN1CCCCC1C(=O)c1ccc2ccccc2c1)c1ccccc1. The van der Waals surface area contributed by atoms with Crippen molar-refractivity contribution in [3.8, 4) is 0 Å². The van der Waals surface area contributed by atoms with Crippen molar-refractivity contribution in [2.75, 3.05) is 13.1 Å². The van der Waals surface area contributed by atoms with Crippen molar-refractivity contribution >= 4 is 22.3 Å². The lowest BCUT2D eigenvalue weighted by molar-refractivity contribution is 0.0740. The zero-order chi connectivity index (χ0) is 20.1. The number of carbonyl (C=O) groups is 2. The van der Waals surface area contributed by atoms with E-state index >= 15 is 0 Å². The molecule has 3 nitrogen and oxygen atoms in total. The predicted molar refractivity (Wildman–Crippen MR) is 117 cm³/mol. The van der Waals surface area contributed by atoms with Gasteiger partial charge in [0.05, 0.1) is 6.04 Å². The summed E-state index contributed by atoms with van der Waals surface area (Å²) >= 11 is 0. The first-order chi connectivity index (χ1) is 14.2. The van der Waals surface area contributed by atoms with Gasteiger partial charge in [0.2, 0.25) is 0 Å². The molecule has 4 rings (SSSR count). The Morgan fingerprint density at radius 2 is 1.59 bits per heavy atom. The highest BCUT2D eigenvalue weighted by atomic mass is 16.1. The summed E-state index contributed by atoms with van der Waals surface area (Å²) in [7, 11) is 0. The molecule has 0 N–H and O–H groups in total. The second kappa shape index (κ2) is 9.15. The molecule has 1 aliphatic heterocycles. The first kappa shape index (κ1) is 19.5. The number of piperidine rings is 1. The molecule has 3 heteroatoms. The lowest BCUT2D eigenvalue weighted by Crippen LogP contribution is -2.45. The van der Waals surface area contributed by atoms with Gasteiger partial charge in [0.25, 0.3) is 0 Å². The molecule has 1 aliphatic rings. The van der Waals surface area contributed by atoms with Crippen LogP contribution in [0.15, 0.2) is 72.8 Å². The molecule has 0 amide bonds. The minimum absolute atomic E-state index is 0.0725. The maximum Gasteiger partial charge on any atom is 0.179 e. The summed E-state index contributed by atoms with van der Waals surface area (Å²) in [4.78, 5) is 27.9. The number of carbonyl (C=O) groups excluding carboxylic acids is 2. The van der Waals surface area contributed by atoms with Gasteiger partial charge in [0, 0.05) is 17.5 Å². The van der Waals surface area contributed by atoms with E-state index in [1.807, 2.05) is 60.7 Å². The predicted octanol–water partition coefficient (Wildman–Crippen LogP) is 5.54. The molecular formula is C26H27NO2. The van der Waals surface area contributed by atoms with Gasteiger partial charge in [0.1, 0.15) is 0 Å². The number of rotatable bonds is 7. The largest absolute Gasteiger partial charge is 0.294 e. The number of likely N-dealkylation sites (tertiary alicyclic amines) is 1. The van der Waals surface area contributed by atoms with Gasteiger partial charge >= 0.3 is 0 Å². The highest BCUT2D eigenvalue weighted by Gasteiger charge is 2.29. The van der Waals surface area contributed by atoms with Crippen molar-refractivity contribution in [3.05, 3.63) is 83.9 Å². The van der Waals surface area contributed by atoms with Crippen LogP contribution < -0.4 is 0 Å². The van der Waals surface area contributed by atoms with Gasteiger partial charge in [-0.05, 0) is 49.2 Å². The van der Waals surface area contributed by atoms with Gasteiger partial charge in [0.15, 0.2) is 11.6 Å². The quantitative estimate of drug-likeness (QED) is 0.501. The van der Waals surface area contributed by atoms with Crippen LogP contribution in [-0.2, 0) is 0 Å². The summed E-state index contributed by atoms with van der Waals surface area (Å²) < 4.78 is 0. The summed E-state index contributed by atoms with van der Waals surface area (Å²) in [5, 5.41) is 2.26. The highest BCUT2D eigenvalue weighted by Crippen LogP contribution is 2.24. The highest BCUT2D eigenvalue weighted by molar-refractivity contribution is 6.03. The molecule has 0 spiro atoms. The summed E-state index contributed by atoms with van der Waals surface area (Å²) in [6.45, 7) is 1.73. The third-order valence-corrected chi connectivity index (χ3v) is 5.90. The number of ketones is 2. The fraction of sp³-hybridized carbons (Fsp3) is 0.308. The zero-order valence-corrected chi connectivity index (χ0v) is 16.7. The molecule has 0 bridgehead atoms. The Hall–Kier alpha value is -2.78. The normalized spacial score (nSPS) is 17.3. The molecule has 1 saturated heterocycles. The second-order valence-corrected chi connectivity index (χ2v) is 7.87. The van der Waals surface area contributed by atoms with Gasteiger partial charge in [-0.2, -0.15) is 0 Å². The molecule has 3 aromatic rings. The second-order valence-electron chi connectivity index (χ2n) is 7.87. The van der Waals surface area contributed by atoms with Crippen LogP contribution in [0.25, 0.3) is 10.8 Å². The standard InChI is InChI=1S/C26H27NO2/c28-25(21-10-2-1-3-11-21)14-8-18-27-17-7-6-13-24(27)26(29)23-16-15-20-9-4-5-12-22(20)19-23/h1-5,9-12,15-16,19,24H,6-8,13-14,17-18H2. The van der Waals surface area contributed by atoms with Crippen molar-refractivity contribution in [1.29, 1.82) is 0 Å². The van der Waals surface area contributed by atoms with Crippen LogP contribution in [-0.4, -0.2) is 35.6 Å². The number of benzene rings is 3. The van der Waals surface area contributed by atoms with Gasteiger partial charge in [-0.1, -0.05) is 73.2 Å². The maximum absolute atomic E-state index is 13.3. The average Bonchev–Trinajstić information content (AvgIpc) is 2.79. The number of hydrogen-bond donors (Lipinski definition) is 0. The number of hydrogen-bond acceptors (Lipinski definition) is 3. The molecule has 3 aromatic carbocycles. The smallest absolute Gasteiger partial charge is 0.179 e. The Morgan fingerprint density at radius 1 is 0.828 bits per heavy atom. The van der Waals surface area contributed by atoms with Crippen molar-refractivity contribution in [2.45, 2.75) is 38.1 Å². The minimum Gasteiger partial charge on any atom is -0.294 e. The van der Waals surface area contributed by atoms with E-state index in [1.54, 1.807) is 0 Å². The van der Waals surface area contributed by atoms with Gasteiger partial charge in [-0.3, -0.25) is 14.5 Å². The van der Waals surface area contributed by atoms with Crippen molar-refractivity contribution < 1.29 is 9.59 Å². The van der Waals surface area contributed by atoms with E-state index in [4.69, 9.17) is 0 Å². The first-order valence-corrected chi connectivity index (χ1v) is 10.6. The van der Waals surface area contributed by atoms with Crippen molar-refractivity contribution in [1.82, 2.24) is 4.90 Å². The molecule has 0 saturated carbocycles. The molecular weight excluding hydrogens is 358 g/mol. The molecule has 0 radical (unpaired) electrons. The molecule has 1 unspecified atom stereocenters. The summed E-state index contributed by atoms with van der Waals surface area (Å²) in [6, 6.07) is 23.5. The summed E-state index contributed by atoms with van der Waals surface area (Å²) in [5.41, 5.74) is 1.57. The minimum atomic E-state index is -0.0725. The van der Waals surface area contributed by atoms with Crippen LogP contribution in [0.1, 0.15) is 52.8 Å². The van der Waals surface area contributed by atoms with E-state index in [0.717, 1.165) is 60.7 Å². The monoisotopic (exact) mass is 385 g/mol. The number of nitrogens with zero attached hydrogens (tertiary/aromatic N) is 1. The molecule has 1 fully saturated rings. The molecule has 0 aromatic heterocycles. The number of fused-ring (bicyclic) bond motifs is 1. The molecule has 1 heterocycles. The Bertz CT molecular complexity index is 996. The maximum atomic E-state index is 13.3. The van der Waals surface area contributed by atoms with Gasteiger partial charge in [-0.15, -0.1) is 0 Å². The van der Waals surface area contributed by atoms with Crippen LogP contribution in [0.3, 0.4) is 0 Å². The first-order valence-electron chi connectivity index (χ1n) is 10.6. The molecule has 148 valence electrons. The topological polar surface area (TPSA) is 37.4 Å². The molecule has 0 aliphatic carbocycles. The average molecular weight is 386 g/mol. The Labute approximate surface area is 172 Å². The number of Topliss-reactive ketones (excluding diaryl/α,β-unsaturated/α-hetero) is 2. The van der Waals surface area contributed by atoms with E-state index in [0.29, 0.717) is 6.42 Å². The third kappa shape index (κ3) is 4.63. The van der Waals surface area contributed by atoms with E-state index < -0.39 is 0 Å². The van der Waals surface area contributed by atoms with Crippen LogP contribution in [0.5, 0.6) is 0 Å². The summed E-state index contributed by atoms with van der Waals surface area (Å²) in [5.74, 6) is 0.393. The van der Waals surface area contributed by atoms with E-state index in [2.05, 4.69) is 17.0 Å². The van der Waals surface area contributed by atoms with Crippen LogP contribution in [0.2, 0.25) is 0 Å². The molecule has 1 atom stereocenters. The van der Waals surface area contributed by atoms with Crippen LogP contribution >= 0.6 is 0 Å². The fourth-order valence-corrected chi connectivity index (χ4v) is 4.30. The Morgan fingerprint density at radius 3 is 2.41 bits per heavy atom. The van der Waals surface area contributed by atoms with E-state index in [9.17, 15) is 9.59 Å². The lowest BCUT2D eigenvalue weighted by Gasteiger charge is -2.34. The van der Waals surface area contributed by atoms with Gasteiger partial charge in [-0.25, -0.2) is 0 Å². The van der Waals surface area contributed by atoms with Crippen LogP contribution in [0.4, 0.5) is 0 Å².